The third-order valence-electron chi connectivity index (χ3n) is 4.01. The zero-order valence-electron chi connectivity index (χ0n) is 12.0. The molecule has 0 N–H and O–H groups in total. The van der Waals surface area contributed by atoms with Crippen molar-refractivity contribution in [1.29, 1.82) is 0 Å². The highest BCUT2D eigenvalue weighted by Gasteiger charge is 2.07. The largest absolute Gasteiger partial charge is 0.145 e. The Morgan fingerprint density at radius 1 is 0.762 bits per heavy atom. The summed E-state index contributed by atoms with van der Waals surface area (Å²) >= 11 is 1.90. The van der Waals surface area contributed by atoms with E-state index in [1.807, 2.05) is 11.3 Å². The lowest BCUT2D eigenvalue weighted by Gasteiger charge is -2.10. The second kappa shape index (κ2) is 5.01. The third-order valence-corrected chi connectivity index (χ3v) is 5.02. The van der Waals surface area contributed by atoms with Gasteiger partial charge < -0.3 is 0 Å². The average Bonchev–Trinajstić information content (AvgIpc) is 2.93. The number of hydrogen-bond acceptors (Lipinski definition) is 1. The van der Waals surface area contributed by atoms with Gasteiger partial charge in [-0.3, -0.25) is 0 Å². The fourth-order valence-corrected chi connectivity index (χ4v) is 3.96. The van der Waals surface area contributed by atoms with Crippen LogP contribution in [0.3, 0.4) is 0 Å². The molecule has 4 aromatic rings. The van der Waals surface area contributed by atoms with E-state index in [1.54, 1.807) is 0 Å². The Morgan fingerprint density at radius 3 is 2.24 bits per heavy atom. The van der Waals surface area contributed by atoms with Crippen LogP contribution < -0.4 is 0 Å². The summed E-state index contributed by atoms with van der Waals surface area (Å²) < 4.78 is 0. The molecule has 0 spiro atoms. The molecule has 21 heavy (non-hydrogen) atoms. The maximum Gasteiger partial charge on any atom is 0.00921 e. The van der Waals surface area contributed by atoms with E-state index in [9.17, 15) is 0 Å². The highest BCUT2D eigenvalue weighted by atomic mass is 32.1. The minimum Gasteiger partial charge on any atom is -0.145 e. The Bertz CT molecular complexity index is 931. The zero-order valence-corrected chi connectivity index (χ0v) is 12.8. The SMILES string of the molecule is Cc1ccc(Cc2cc3ccccc3c3ccccc23)s1. The van der Waals surface area contributed by atoms with Gasteiger partial charge in [0.05, 0.1) is 0 Å². The number of fused-ring (bicyclic) bond motifs is 3. The van der Waals surface area contributed by atoms with Gasteiger partial charge in [-0.25, -0.2) is 0 Å². The van der Waals surface area contributed by atoms with Crippen LogP contribution in [0.25, 0.3) is 21.5 Å². The molecule has 0 saturated heterocycles. The van der Waals surface area contributed by atoms with Gasteiger partial charge in [0.15, 0.2) is 0 Å². The Hall–Kier alpha value is -2.12. The van der Waals surface area contributed by atoms with E-state index in [1.165, 1.54) is 36.9 Å². The summed E-state index contributed by atoms with van der Waals surface area (Å²) in [6.45, 7) is 2.17. The van der Waals surface area contributed by atoms with Gasteiger partial charge in [-0.2, -0.15) is 0 Å². The molecule has 0 saturated carbocycles. The van der Waals surface area contributed by atoms with Crippen LogP contribution in [0.2, 0.25) is 0 Å². The summed E-state index contributed by atoms with van der Waals surface area (Å²) in [5, 5.41) is 5.42. The highest BCUT2D eigenvalue weighted by molar-refractivity contribution is 7.11. The predicted molar refractivity (Wildman–Crippen MR) is 93.3 cm³/mol. The zero-order chi connectivity index (χ0) is 14.2. The van der Waals surface area contributed by atoms with Crippen molar-refractivity contribution in [1.82, 2.24) is 0 Å². The van der Waals surface area contributed by atoms with Crippen molar-refractivity contribution < 1.29 is 0 Å². The van der Waals surface area contributed by atoms with Crippen LogP contribution in [0.15, 0.2) is 66.7 Å². The molecule has 0 unspecified atom stereocenters. The van der Waals surface area contributed by atoms with Crippen LogP contribution in [0.4, 0.5) is 0 Å². The normalized spacial score (nSPS) is 11.3. The molecule has 102 valence electrons. The van der Waals surface area contributed by atoms with Crippen LogP contribution in [-0.2, 0) is 6.42 Å². The number of aryl methyl sites for hydroxylation is 1. The third kappa shape index (κ3) is 2.24. The van der Waals surface area contributed by atoms with Crippen LogP contribution in [0, 0.1) is 6.92 Å². The maximum absolute atomic E-state index is 2.35. The second-order valence-corrected chi connectivity index (χ2v) is 6.86. The number of rotatable bonds is 2. The van der Waals surface area contributed by atoms with Crippen LogP contribution >= 0.6 is 11.3 Å². The number of benzene rings is 3. The molecule has 0 nitrogen and oxygen atoms in total. The Labute approximate surface area is 128 Å². The van der Waals surface area contributed by atoms with Gasteiger partial charge in [-0.05, 0) is 46.2 Å². The lowest BCUT2D eigenvalue weighted by atomic mass is 9.95. The van der Waals surface area contributed by atoms with Gasteiger partial charge in [0.2, 0.25) is 0 Å². The van der Waals surface area contributed by atoms with Gasteiger partial charge >= 0.3 is 0 Å². The molecule has 0 aliphatic heterocycles. The van der Waals surface area contributed by atoms with Crippen LogP contribution in [0.1, 0.15) is 15.3 Å². The summed E-state index contributed by atoms with van der Waals surface area (Å²) in [5.41, 5.74) is 1.42. The van der Waals surface area contributed by atoms with Crippen LogP contribution in [-0.4, -0.2) is 0 Å². The molecule has 0 atom stereocenters. The van der Waals surface area contributed by atoms with E-state index in [-0.39, 0.29) is 0 Å². The molecular formula is C20H16S. The molecular weight excluding hydrogens is 272 g/mol. The second-order valence-electron chi connectivity index (χ2n) is 5.49. The van der Waals surface area contributed by atoms with Crippen molar-refractivity contribution in [2.45, 2.75) is 13.3 Å². The molecule has 0 aliphatic carbocycles. The Morgan fingerprint density at radius 2 is 1.48 bits per heavy atom. The fourth-order valence-electron chi connectivity index (χ4n) is 3.05. The minimum absolute atomic E-state index is 1.02. The topological polar surface area (TPSA) is 0 Å². The van der Waals surface area contributed by atoms with Crippen molar-refractivity contribution in [2.75, 3.05) is 0 Å². The van der Waals surface area contributed by atoms with Gasteiger partial charge in [-0.1, -0.05) is 54.6 Å². The average molecular weight is 288 g/mol. The molecule has 3 aromatic carbocycles. The first-order chi connectivity index (χ1) is 10.3. The summed E-state index contributed by atoms with van der Waals surface area (Å²) in [6, 6.07) is 24.3. The minimum atomic E-state index is 1.02. The lowest BCUT2D eigenvalue weighted by Crippen LogP contribution is -1.89. The van der Waals surface area contributed by atoms with Crippen molar-refractivity contribution in [2.24, 2.45) is 0 Å². The number of thiophene rings is 1. The highest BCUT2D eigenvalue weighted by Crippen LogP contribution is 2.31. The first kappa shape index (κ1) is 12.6. The first-order valence-corrected chi connectivity index (χ1v) is 8.07. The van der Waals surface area contributed by atoms with Crippen molar-refractivity contribution in [3.63, 3.8) is 0 Å². The van der Waals surface area contributed by atoms with Crippen molar-refractivity contribution in [3.05, 3.63) is 82.0 Å². The first-order valence-electron chi connectivity index (χ1n) is 7.26. The lowest BCUT2D eigenvalue weighted by molar-refractivity contribution is 1.28. The molecule has 0 amide bonds. The monoisotopic (exact) mass is 288 g/mol. The molecule has 0 fully saturated rings. The summed E-state index contributed by atoms with van der Waals surface area (Å²) in [6.07, 6.45) is 1.02. The molecule has 0 aliphatic rings. The Balaban J connectivity index is 1.97. The fraction of sp³-hybridized carbons (Fsp3) is 0.100. The van der Waals surface area contributed by atoms with E-state index < -0.39 is 0 Å². The number of hydrogen-bond donors (Lipinski definition) is 0. The smallest absolute Gasteiger partial charge is 0.00921 e. The predicted octanol–water partition coefficient (Wildman–Crippen LogP) is 5.95. The molecule has 1 aromatic heterocycles. The van der Waals surface area contributed by atoms with E-state index in [0.717, 1.165) is 6.42 Å². The molecule has 1 heteroatoms. The van der Waals surface area contributed by atoms with Gasteiger partial charge in [-0.15, -0.1) is 11.3 Å². The quantitative estimate of drug-likeness (QED) is 0.400. The van der Waals surface area contributed by atoms with E-state index in [4.69, 9.17) is 0 Å². The van der Waals surface area contributed by atoms with Gasteiger partial charge in [0, 0.05) is 16.2 Å². The standard InChI is InChI=1S/C20H16S/c1-14-10-11-17(21-14)13-16-12-15-6-2-3-7-18(15)20-9-5-4-8-19(16)20/h2-12H,13H2,1H3. The maximum atomic E-state index is 2.35. The summed E-state index contributed by atoms with van der Waals surface area (Å²) in [7, 11) is 0. The van der Waals surface area contributed by atoms with Gasteiger partial charge in [0.25, 0.3) is 0 Å². The summed E-state index contributed by atoms with van der Waals surface area (Å²) in [5.74, 6) is 0. The summed E-state index contributed by atoms with van der Waals surface area (Å²) in [4.78, 5) is 2.82. The Kier molecular flexibility index (Phi) is 3.01. The molecule has 4 rings (SSSR count). The van der Waals surface area contributed by atoms with Crippen molar-refractivity contribution >= 4 is 32.9 Å². The molecule has 0 bridgehead atoms. The van der Waals surface area contributed by atoms with E-state index >= 15 is 0 Å². The van der Waals surface area contributed by atoms with E-state index in [0.29, 0.717) is 0 Å². The van der Waals surface area contributed by atoms with E-state index in [2.05, 4.69) is 73.7 Å². The van der Waals surface area contributed by atoms with Crippen molar-refractivity contribution in [3.8, 4) is 0 Å². The van der Waals surface area contributed by atoms with Crippen LogP contribution in [0.5, 0.6) is 0 Å². The van der Waals surface area contributed by atoms with Gasteiger partial charge in [0.1, 0.15) is 0 Å². The molecule has 1 heterocycles. The molecule has 0 radical (unpaired) electrons.